The Morgan fingerprint density at radius 3 is 2.77 bits per heavy atom. The van der Waals surface area contributed by atoms with Crippen molar-refractivity contribution < 1.29 is 23.8 Å². The van der Waals surface area contributed by atoms with Crippen molar-refractivity contribution in [2.45, 2.75) is 19.3 Å². The van der Waals surface area contributed by atoms with E-state index in [0.29, 0.717) is 28.5 Å². The van der Waals surface area contributed by atoms with Crippen LogP contribution in [-0.4, -0.2) is 29.3 Å². The van der Waals surface area contributed by atoms with Crippen LogP contribution in [0.4, 0.5) is 10.1 Å². The van der Waals surface area contributed by atoms with E-state index in [4.69, 9.17) is 4.74 Å². The van der Waals surface area contributed by atoms with Gasteiger partial charge >= 0.3 is 0 Å². The molecule has 0 aliphatic carbocycles. The monoisotopic (exact) mass is 441 g/mol. The topological polar surface area (TPSA) is 111 Å². The lowest BCUT2D eigenvalue weighted by molar-refractivity contribution is -0.121. The van der Waals surface area contributed by atoms with E-state index in [0.717, 1.165) is 11.8 Å². The molecule has 0 fully saturated rings. The Kier molecular flexibility index (Phi) is 7.15. The van der Waals surface area contributed by atoms with E-state index in [1.54, 1.807) is 19.1 Å². The molecule has 2 aromatic carbocycles. The van der Waals surface area contributed by atoms with Crippen LogP contribution in [0.3, 0.4) is 0 Å². The maximum absolute atomic E-state index is 13.0. The zero-order valence-corrected chi connectivity index (χ0v) is 17.5. The molecule has 0 spiro atoms. The number of rotatable bonds is 7. The van der Waals surface area contributed by atoms with Gasteiger partial charge in [0.2, 0.25) is 11.8 Å². The van der Waals surface area contributed by atoms with Crippen LogP contribution < -0.4 is 15.4 Å². The van der Waals surface area contributed by atoms with Crippen LogP contribution in [0.2, 0.25) is 0 Å². The summed E-state index contributed by atoms with van der Waals surface area (Å²) >= 11 is 1.04. The number of nitriles is 1. The van der Waals surface area contributed by atoms with Crippen molar-refractivity contribution in [2.75, 3.05) is 17.7 Å². The average molecular weight is 441 g/mol. The zero-order valence-electron chi connectivity index (χ0n) is 16.6. The summed E-state index contributed by atoms with van der Waals surface area (Å²) in [6.45, 7) is 2.14. The lowest BCUT2D eigenvalue weighted by Gasteiger charge is -2.25. The number of carbonyl (C=O) groups excluding carboxylic acids is 2. The molecule has 1 atom stereocenters. The molecule has 0 radical (unpaired) electrons. The van der Waals surface area contributed by atoms with Gasteiger partial charge in [0.1, 0.15) is 5.82 Å². The highest BCUT2D eigenvalue weighted by molar-refractivity contribution is 8.03. The van der Waals surface area contributed by atoms with Gasteiger partial charge in [-0.1, -0.05) is 17.8 Å². The van der Waals surface area contributed by atoms with Crippen molar-refractivity contribution in [3.8, 4) is 17.6 Å². The fourth-order valence-corrected chi connectivity index (χ4v) is 3.98. The van der Waals surface area contributed by atoms with Crippen molar-refractivity contribution in [3.63, 3.8) is 0 Å². The molecule has 2 amide bonds. The number of anilines is 1. The lowest BCUT2D eigenvalue weighted by atomic mass is 9.87. The second-order valence-electron chi connectivity index (χ2n) is 6.66. The van der Waals surface area contributed by atoms with Gasteiger partial charge < -0.3 is 20.5 Å². The predicted molar refractivity (Wildman–Crippen MR) is 115 cm³/mol. The predicted octanol–water partition coefficient (Wildman–Crippen LogP) is 3.64. The van der Waals surface area contributed by atoms with E-state index < -0.39 is 11.7 Å². The molecule has 0 aromatic heterocycles. The molecule has 3 N–H and O–H groups in total. The minimum atomic E-state index is -0.527. The van der Waals surface area contributed by atoms with Crippen molar-refractivity contribution in [3.05, 3.63) is 64.4 Å². The molecule has 0 saturated carbocycles. The second kappa shape index (κ2) is 10.00. The van der Waals surface area contributed by atoms with E-state index in [-0.39, 0.29) is 35.5 Å². The van der Waals surface area contributed by atoms with E-state index in [1.165, 1.54) is 30.3 Å². The molecule has 1 aliphatic rings. The van der Waals surface area contributed by atoms with Gasteiger partial charge in [0.15, 0.2) is 11.5 Å². The largest absolute Gasteiger partial charge is 0.504 e. The third-order valence-corrected chi connectivity index (χ3v) is 5.53. The van der Waals surface area contributed by atoms with Gasteiger partial charge in [-0.15, -0.1) is 0 Å². The highest BCUT2D eigenvalue weighted by Crippen LogP contribution is 2.39. The van der Waals surface area contributed by atoms with E-state index in [1.807, 2.05) is 0 Å². The summed E-state index contributed by atoms with van der Waals surface area (Å²) in [5.74, 6) is -1.38. The lowest BCUT2D eigenvalue weighted by Crippen LogP contribution is -2.31. The molecule has 0 saturated heterocycles. The van der Waals surface area contributed by atoms with Crippen LogP contribution in [0.5, 0.6) is 11.5 Å². The molecular weight excluding hydrogens is 421 g/mol. The van der Waals surface area contributed by atoms with Gasteiger partial charge in [-0.25, -0.2) is 4.39 Å². The fraction of sp³-hybridized carbons (Fsp3) is 0.227. The zero-order chi connectivity index (χ0) is 22.4. The van der Waals surface area contributed by atoms with Gasteiger partial charge in [0.05, 0.1) is 29.0 Å². The quantitative estimate of drug-likeness (QED) is 0.605. The van der Waals surface area contributed by atoms with Gasteiger partial charge in [-0.05, 0) is 48.9 Å². The first-order chi connectivity index (χ1) is 14.9. The first kappa shape index (κ1) is 22.2. The van der Waals surface area contributed by atoms with Crippen LogP contribution in [0.1, 0.15) is 24.8 Å². The third-order valence-electron chi connectivity index (χ3n) is 4.52. The highest BCUT2D eigenvalue weighted by Gasteiger charge is 2.30. The molecule has 9 heteroatoms. The number of amides is 2. The van der Waals surface area contributed by atoms with Gasteiger partial charge in [-0.2, -0.15) is 5.26 Å². The molecule has 7 nitrogen and oxygen atoms in total. The Morgan fingerprint density at radius 2 is 2.10 bits per heavy atom. The Hall–Kier alpha value is -3.51. The number of nitrogens with zero attached hydrogens (tertiary/aromatic N) is 1. The molecule has 0 unspecified atom stereocenters. The number of hydrogen-bond donors (Lipinski definition) is 3. The summed E-state index contributed by atoms with van der Waals surface area (Å²) in [5.41, 5.74) is 1.42. The van der Waals surface area contributed by atoms with Crippen LogP contribution >= 0.6 is 11.8 Å². The average Bonchev–Trinajstić information content (AvgIpc) is 2.75. The summed E-state index contributed by atoms with van der Waals surface area (Å²) in [5, 5.41) is 25.3. The molecule has 31 heavy (non-hydrogen) atoms. The number of hydrogen-bond acceptors (Lipinski definition) is 6. The van der Waals surface area contributed by atoms with Crippen LogP contribution in [0, 0.1) is 17.1 Å². The smallest absolute Gasteiger partial charge is 0.234 e. The summed E-state index contributed by atoms with van der Waals surface area (Å²) in [7, 11) is 0. The maximum Gasteiger partial charge on any atom is 0.234 e. The van der Waals surface area contributed by atoms with E-state index in [2.05, 4.69) is 16.7 Å². The number of allylic oxidation sites excluding steroid dienone is 1. The summed E-state index contributed by atoms with van der Waals surface area (Å²) in [4.78, 5) is 24.5. The summed E-state index contributed by atoms with van der Waals surface area (Å²) in [6.07, 6.45) is 0.0606. The normalized spacial score (nSPS) is 15.8. The number of carbonyl (C=O) groups is 2. The first-order valence-corrected chi connectivity index (χ1v) is 10.5. The van der Waals surface area contributed by atoms with Gasteiger partial charge in [0, 0.05) is 18.0 Å². The molecule has 3 rings (SSSR count). The first-order valence-electron chi connectivity index (χ1n) is 9.49. The number of phenolic OH excluding ortho intramolecular Hbond substituents is 1. The standard InChI is InChI=1S/C22H20FN3O4S/c1-2-30-19-9-13(3-8-18(19)27)16-10-20(28)26-22(17(16)11-24)31-12-21(29)25-15-6-4-14(23)5-7-15/h3-9,16,27H,2,10,12H2,1H3,(H,25,29)(H,26,28)/t16-/m0/s1. The minimum absolute atomic E-state index is 0.0274. The van der Waals surface area contributed by atoms with Crippen LogP contribution in [-0.2, 0) is 9.59 Å². The van der Waals surface area contributed by atoms with Crippen molar-refractivity contribution >= 4 is 29.3 Å². The van der Waals surface area contributed by atoms with Gasteiger partial charge in [0.25, 0.3) is 0 Å². The van der Waals surface area contributed by atoms with Crippen LogP contribution in [0.25, 0.3) is 0 Å². The summed E-state index contributed by atoms with van der Waals surface area (Å²) in [6, 6.07) is 12.2. The SMILES string of the molecule is CCOc1cc([C@@H]2CC(=O)NC(SCC(=O)Nc3ccc(F)cc3)=C2C#N)ccc1O. The number of benzene rings is 2. The van der Waals surface area contributed by atoms with Crippen molar-refractivity contribution in [2.24, 2.45) is 0 Å². The van der Waals surface area contributed by atoms with Crippen LogP contribution in [0.15, 0.2) is 53.1 Å². The van der Waals surface area contributed by atoms with Gasteiger partial charge in [-0.3, -0.25) is 9.59 Å². The molecular formula is C22H20FN3O4S. The summed E-state index contributed by atoms with van der Waals surface area (Å²) < 4.78 is 18.4. The number of nitrogens with one attached hydrogen (secondary N) is 2. The van der Waals surface area contributed by atoms with Crippen molar-refractivity contribution in [1.29, 1.82) is 5.26 Å². The second-order valence-corrected chi connectivity index (χ2v) is 7.65. The molecule has 0 bridgehead atoms. The Morgan fingerprint density at radius 1 is 1.35 bits per heavy atom. The molecule has 160 valence electrons. The van der Waals surface area contributed by atoms with E-state index >= 15 is 0 Å². The minimum Gasteiger partial charge on any atom is -0.504 e. The number of thioether (sulfide) groups is 1. The molecule has 1 aliphatic heterocycles. The van der Waals surface area contributed by atoms with E-state index in [9.17, 15) is 24.3 Å². The third kappa shape index (κ3) is 5.55. The number of halogens is 1. The molecule has 2 aromatic rings. The Bertz CT molecular complexity index is 1060. The number of phenols is 1. The maximum atomic E-state index is 13.0. The Balaban J connectivity index is 1.78. The highest BCUT2D eigenvalue weighted by atomic mass is 32.2. The number of aromatic hydroxyl groups is 1. The Labute approximate surface area is 182 Å². The fourth-order valence-electron chi connectivity index (χ4n) is 3.10. The van der Waals surface area contributed by atoms with Crippen molar-refractivity contribution in [1.82, 2.24) is 5.32 Å². The molecule has 1 heterocycles. The number of ether oxygens (including phenoxy) is 1.